The third-order valence-electron chi connectivity index (χ3n) is 3.89. The van der Waals surface area contributed by atoms with Gasteiger partial charge in [-0.25, -0.2) is 0 Å². The highest BCUT2D eigenvalue weighted by molar-refractivity contribution is 5.84. The number of nitrogens with one attached hydrogen (secondary N) is 1. The van der Waals surface area contributed by atoms with Gasteiger partial charge in [-0.2, -0.15) is 0 Å². The zero-order chi connectivity index (χ0) is 12.7. The summed E-state index contributed by atoms with van der Waals surface area (Å²) < 4.78 is 5.66. The number of primary amides is 1. The van der Waals surface area contributed by atoms with Crippen LogP contribution in [0.15, 0.2) is 0 Å². The van der Waals surface area contributed by atoms with Crippen molar-refractivity contribution in [3.05, 3.63) is 0 Å². The Bertz CT molecular complexity index is 240. The Kier molecular flexibility index (Phi) is 5.92. The average Bonchev–Trinajstić information content (AvgIpc) is 2.81. The molecule has 0 spiro atoms. The number of hydrogen-bond acceptors (Lipinski definition) is 3. The Balaban J connectivity index is 2.08. The van der Waals surface area contributed by atoms with Gasteiger partial charge in [0.15, 0.2) is 0 Å². The zero-order valence-corrected chi connectivity index (χ0v) is 11.1. The SMILES string of the molecule is CNC(C)(CCCOCC1CCCC1)C(N)=O. The van der Waals surface area contributed by atoms with Crippen molar-refractivity contribution >= 4 is 5.91 Å². The van der Waals surface area contributed by atoms with Crippen LogP contribution in [0.4, 0.5) is 0 Å². The fourth-order valence-corrected chi connectivity index (χ4v) is 2.33. The second kappa shape index (κ2) is 6.97. The maximum Gasteiger partial charge on any atom is 0.237 e. The van der Waals surface area contributed by atoms with Gasteiger partial charge < -0.3 is 15.8 Å². The van der Waals surface area contributed by atoms with Gasteiger partial charge in [0, 0.05) is 13.2 Å². The molecule has 4 heteroatoms. The predicted octanol–water partition coefficient (Wildman–Crippen LogP) is 1.44. The van der Waals surface area contributed by atoms with Crippen molar-refractivity contribution in [2.45, 2.75) is 51.0 Å². The van der Waals surface area contributed by atoms with E-state index in [9.17, 15) is 4.79 Å². The minimum atomic E-state index is -0.600. The minimum Gasteiger partial charge on any atom is -0.381 e. The summed E-state index contributed by atoms with van der Waals surface area (Å²) in [5.41, 5.74) is 4.75. The van der Waals surface area contributed by atoms with Crippen molar-refractivity contribution in [1.82, 2.24) is 5.32 Å². The van der Waals surface area contributed by atoms with Gasteiger partial charge in [-0.15, -0.1) is 0 Å². The summed E-state index contributed by atoms with van der Waals surface area (Å²) >= 11 is 0. The number of hydrogen-bond donors (Lipinski definition) is 2. The number of nitrogens with two attached hydrogens (primary N) is 1. The van der Waals surface area contributed by atoms with Crippen LogP contribution in [-0.2, 0) is 9.53 Å². The molecule has 0 saturated heterocycles. The molecule has 0 aliphatic heterocycles. The number of rotatable bonds is 8. The highest BCUT2D eigenvalue weighted by Crippen LogP contribution is 2.24. The molecule has 0 aromatic heterocycles. The Morgan fingerprint density at radius 1 is 1.47 bits per heavy atom. The summed E-state index contributed by atoms with van der Waals surface area (Å²) in [6, 6.07) is 0. The zero-order valence-electron chi connectivity index (χ0n) is 11.1. The fourth-order valence-electron chi connectivity index (χ4n) is 2.33. The van der Waals surface area contributed by atoms with Crippen molar-refractivity contribution < 1.29 is 9.53 Å². The van der Waals surface area contributed by atoms with E-state index in [2.05, 4.69) is 5.32 Å². The third kappa shape index (κ3) is 4.64. The lowest BCUT2D eigenvalue weighted by Crippen LogP contribution is -2.51. The van der Waals surface area contributed by atoms with Crippen LogP contribution in [0.25, 0.3) is 0 Å². The molecule has 1 aliphatic carbocycles. The summed E-state index contributed by atoms with van der Waals surface area (Å²) in [4.78, 5) is 11.2. The molecule has 17 heavy (non-hydrogen) atoms. The highest BCUT2D eigenvalue weighted by atomic mass is 16.5. The molecule has 1 amide bonds. The van der Waals surface area contributed by atoms with Crippen molar-refractivity contribution in [3.63, 3.8) is 0 Å². The molecule has 1 fully saturated rings. The van der Waals surface area contributed by atoms with Gasteiger partial charge in [0.05, 0.1) is 5.54 Å². The van der Waals surface area contributed by atoms with E-state index in [1.54, 1.807) is 7.05 Å². The van der Waals surface area contributed by atoms with Gasteiger partial charge in [0.25, 0.3) is 0 Å². The molecule has 100 valence electrons. The Hall–Kier alpha value is -0.610. The molecular formula is C13H26N2O2. The van der Waals surface area contributed by atoms with Crippen molar-refractivity contribution in [2.75, 3.05) is 20.3 Å². The molecule has 0 aromatic rings. The van der Waals surface area contributed by atoms with Crippen LogP contribution in [0.5, 0.6) is 0 Å². The van der Waals surface area contributed by atoms with Crippen LogP contribution in [0.3, 0.4) is 0 Å². The Morgan fingerprint density at radius 2 is 2.12 bits per heavy atom. The number of likely N-dealkylation sites (N-methyl/N-ethyl adjacent to an activating group) is 1. The van der Waals surface area contributed by atoms with Gasteiger partial charge in [-0.05, 0) is 45.6 Å². The van der Waals surface area contributed by atoms with Crippen molar-refractivity contribution in [1.29, 1.82) is 0 Å². The van der Waals surface area contributed by atoms with Gasteiger partial charge in [0.2, 0.25) is 5.91 Å². The first kappa shape index (κ1) is 14.5. The van der Waals surface area contributed by atoms with E-state index in [-0.39, 0.29) is 5.91 Å². The largest absolute Gasteiger partial charge is 0.381 e. The van der Waals surface area contributed by atoms with Crippen LogP contribution < -0.4 is 11.1 Å². The van der Waals surface area contributed by atoms with E-state index in [1.165, 1.54) is 25.7 Å². The molecule has 1 atom stereocenters. The van der Waals surface area contributed by atoms with Crippen molar-refractivity contribution in [2.24, 2.45) is 11.7 Å². The number of carbonyl (C=O) groups is 1. The second-order valence-corrected chi connectivity index (χ2v) is 5.28. The third-order valence-corrected chi connectivity index (χ3v) is 3.89. The maximum absolute atomic E-state index is 11.2. The van der Waals surface area contributed by atoms with E-state index in [0.717, 1.165) is 32.0 Å². The van der Waals surface area contributed by atoms with Gasteiger partial charge in [-0.3, -0.25) is 4.79 Å². The molecule has 1 unspecified atom stereocenters. The molecule has 1 rings (SSSR count). The van der Waals surface area contributed by atoms with Gasteiger partial charge >= 0.3 is 0 Å². The van der Waals surface area contributed by atoms with Crippen LogP contribution in [0.2, 0.25) is 0 Å². The topological polar surface area (TPSA) is 64.3 Å². The minimum absolute atomic E-state index is 0.296. The summed E-state index contributed by atoms with van der Waals surface area (Å²) in [5, 5.41) is 2.98. The summed E-state index contributed by atoms with van der Waals surface area (Å²) in [5.74, 6) is 0.470. The van der Waals surface area contributed by atoms with E-state index >= 15 is 0 Å². The Labute approximate surface area is 104 Å². The van der Waals surface area contributed by atoms with Crippen LogP contribution in [0.1, 0.15) is 45.4 Å². The predicted molar refractivity (Wildman–Crippen MR) is 68.7 cm³/mol. The van der Waals surface area contributed by atoms with Crippen molar-refractivity contribution in [3.8, 4) is 0 Å². The first-order chi connectivity index (χ1) is 8.08. The summed E-state index contributed by atoms with van der Waals surface area (Å²) in [6.07, 6.45) is 6.93. The number of ether oxygens (including phenoxy) is 1. The molecule has 0 radical (unpaired) electrons. The van der Waals surface area contributed by atoms with Crippen LogP contribution in [0, 0.1) is 5.92 Å². The quantitative estimate of drug-likeness (QED) is 0.633. The molecular weight excluding hydrogens is 216 g/mol. The molecule has 1 saturated carbocycles. The molecule has 1 aliphatic rings. The van der Waals surface area contributed by atoms with Crippen LogP contribution >= 0.6 is 0 Å². The number of carbonyl (C=O) groups excluding carboxylic acids is 1. The normalized spacial score (nSPS) is 20.4. The molecule has 0 bridgehead atoms. The number of amides is 1. The van der Waals surface area contributed by atoms with E-state index in [0.29, 0.717) is 0 Å². The van der Waals surface area contributed by atoms with E-state index in [4.69, 9.17) is 10.5 Å². The second-order valence-electron chi connectivity index (χ2n) is 5.28. The van der Waals surface area contributed by atoms with Gasteiger partial charge in [0.1, 0.15) is 0 Å². The lowest BCUT2D eigenvalue weighted by molar-refractivity contribution is -0.124. The smallest absolute Gasteiger partial charge is 0.237 e. The highest BCUT2D eigenvalue weighted by Gasteiger charge is 2.28. The average molecular weight is 242 g/mol. The first-order valence-corrected chi connectivity index (χ1v) is 6.65. The Morgan fingerprint density at radius 3 is 2.65 bits per heavy atom. The fraction of sp³-hybridized carbons (Fsp3) is 0.923. The maximum atomic E-state index is 11.2. The lowest BCUT2D eigenvalue weighted by Gasteiger charge is -2.25. The molecule has 4 nitrogen and oxygen atoms in total. The monoisotopic (exact) mass is 242 g/mol. The summed E-state index contributed by atoms with van der Waals surface area (Å²) in [7, 11) is 1.77. The van der Waals surface area contributed by atoms with E-state index in [1.807, 2.05) is 6.92 Å². The standard InChI is InChI=1S/C13H26N2O2/c1-13(15-2,12(14)16)8-5-9-17-10-11-6-3-4-7-11/h11,15H,3-10H2,1-2H3,(H2,14,16). The van der Waals surface area contributed by atoms with Gasteiger partial charge in [-0.1, -0.05) is 12.8 Å². The lowest BCUT2D eigenvalue weighted by atomic mass is 9.95. The molecule has 0 aromatic carbocycles. The van der Waals surface area contributed by atoms with E-state index < -0.39 is 5.54 Å². The molecule has 0 heterocycles. The molecule has 3 N–H and O–H groups in total. The van der Waals surface area contributed by atoms with Crippen LogP contribution in [-0.4, -0.2) is 31.7 Å². The first-order valence-electron chi connectivity index (χ1n) is 6.65. The summed E-state index contributed by atoms with van der Waals surface area (Å²) in [6.45, 7) is 3.44.